The summed E-state index contributed by atoms with van der Waals surface area (Å²) < 4.78 is 18.7. The number of hydrogen-bond donors (Lipinski definition) is 1. The van der Waals surface area contributed by atoms with E-state index in [0.29, 0.717) is 19.3 Å². The molecule has 8 nitrogen and oxygen atoms in total. The lowest BCUT2D eigenvalue weighted by atomic mass is 10.0. The zero-order valence-corrected chi connectivity index (χ0v) is 16.8. The molecule has 0 aliphatic carbocycles. The molecule has 0 amide bonds. The first kappa shape index (κ1) is 18.4. The van der Waals surface area contributed by atoms with Crippen LogP contribution in [0.3, 0.4) is 0 Å². The second-order valence-electron chi connectivity index (χ2n) is 7.08. The number of benzene rings is 1. The van der Waals surface area contributed by atoms with Crippen molar-refractivity contribution in [2.45, 2.75) is 19.9 Å². The zero-order chi connectivity index (χ0) is 20.0. The number of ether oxygens (including phenoxy) is 3. The number of imidazole rings is 1. The third-order valence-corrected chi connectivity index (χ3v) is 5.16. The van der Waals surface area contributed by atoms with Gasteiger partial charge < -0.3 is 29.4 Å². The fourth-order valence-electron chi connectivity index (χ4n) is 3.93. The van der Waals surface area contributed by atoms with Gasteiger partial charge in [0.1, 0.15) is 17.0 Å². The van der Waals surface area contributed by atoms with E-state index in [4.69, 9.17) is 19.9 Å². The predicted octanol–water partition coefficient (Wildman–Crippen LogP) is 2.99. The fraction of sp³-hybridized carbons (Fsp3) is 0.400. The Morgan fingerprint density at radius 3 is 2.71 bits per heavy atom. The Balaban J connectivity index is 2.01. The predicted molar refractivity (Wildman–Crippen MR) is 109 cm³/mol. The highest BCUT2D eigenvalue weighted by molar-refractivity contribution is 6.05. The van der Waals surface area contributed by atoms with Crippen LogP contribution in [0.15, 0.2) is 24.1 Å². The molecule has 0 saturated carbocycles. The van der Waals surface area contributed by atoms with Gasteiger partial charge in [-0.3, -0.25) is 4.98 Å². The molecular formula is C20H25N5O3. The van der Waals surface area contributed by atoms with E-state index in [-0.39, 0.29) is 6.04 Å². The van der Waals surface area contributed by atoms with Crippen molar-refractivity contribution in [2.24, 2.45) is 0 Å². The Bertz CT molecular complexity index is 1090. The Kier molecular flexibility index (Phi) is 4.50. The van der Waals surface area contributed by atoms with Crippen molar-refractivity contribution in [3.63, 3.8) is 0 Å². The van der Waals surface area contributed by atoms with Crippen molar-refractivity contribution in [3.05, 3.63) is 29.7 Å². The molecule has 148 valence electrons. The average Bonchev–Trinajstić information content (AvgIpc) is 3.19. The summed E-state index contributed by atoms with van der Waals surface area (Å²) in [6.07, 6.45) is 1.76. The molecule has 0 fully saturated rings. The van der Waals surface area contributed by atoms with Crippen LogP contribution in [0.2, 0.25) is 0 Å². The number of nitrogens with two attached hydrogens (primary N) is 1. The number of aromatic nitrogens is 3. The lowest BCUT2D eigenvalue weighted by Crippen LogP contribution is -2.14. The van der Waals surface area contributed by atoms with Crippen LogP contribution >= 0.6 is 0 Å². The van der Waals surface area contributed by atoms with E-state index in [1.807, 2.05) is 30.7 Å². The number of fused-ring (bicyclic) bond motifs is 3. The number of allylic oxidation sites excluding steroid dienone is 1. The first-order chi connectivity index (χ1) is 13.5. The van der Waals surface area contributed by atoms with Gasteiger partial charge >= 0.3 is 0 Å². The molecule has 0 spiro atoms. The highest BCUT2D eigenvalue weighted by Crippen LogP contribution is 2.38. The monoisotopic (exact) mass is 383 g/mol. The third-order valence-electron chi connectivity index (χ3n) is 5.16. The summed E-state index contributed by atoms with van der Waals surface area (Å²) in [5, 5.41) is 0.935. The molecule has 1 aromatic carbocycles. The Hall–Kier alpha value is -3.00. The summed E-state index contributed by atoms with van der Waals surface area (Å²) in [5.74, 6) is 2.06. The minimum atomic E-state index is 0.0330. The minimum absolute atomic E-state index is 0.0330. The standard InChI is InChI=1S/C20H25N5O3/c1-11(9-26-4)25-19-13-7-17(27-5)14(18-12(2)28-10-24(18)3)6-15(13)22-8-16(19)23-20(25)21/h6-8,11H,9-10H2,1-5H3,(H2,21,23). The highest BCUT2D eigenvalue weighted by atomic mass is 16.5. The number of pyridine rings is 1. The largest absolute Gasteiger partial charge is 0.496 e. The van der Waals surface area contributed by atoms with Crippen LogP contribution in [0.1, 0.15) is 25.5 Å². The van der Waals surface area contributed by atoms with Crippen LogP contribution < -0.4 is 10.5 Å². The topological polar surface area (TPSA) is 87.7 Å². The molecule has 1 aliphatic rings. The van der Waals surface area contributed by atoms with Crippen molar-refractivity contribution in [1.29, 1.82) is 0 Å². The molecule has 3 aromatic rings. The van der Waals surface area contributed by atoms with Gasteiger partial charge in [-0.15, -0.1) is 0 Å². The quantitative estimate of drug-likeness (QED) is 0.724. The summed E-state index contributed by atoms with van der Waals surface area (Å²) in [4.78, 5) is 11.2. The Morgan fingerprint density at radius 2 is 2.07 bits per heavy atom. The van der Waals surface area contributed by atoms with E-state index >= 15 is 0 Å². The molecule has 8 heteroatoms. The summed E-state index contributed by atoms with van der Waals surface area (Å²) in [7, 11) is 5.34. The normalized spacial score (nSPS) is 15.5. The molecule has 2 N–H and O–H groups in total. The first-order valence-electron chi connectivity index (χ1n) is 9.14. The lowest BCUT2D eigenvalue weighted by molar-refractivity contribution is 0.164. The van der Waals surface area contributed by atoms with Crippen LogP contribution in [0.25, 0.3) is 27.6 Å². The van der Waals surface area contributed by atoms with Crippen LogP contribution in [-0.2, 0) is 9.47 Å². The molecule has 0 saturated heterocycles. The van der Waals surface area contributed by atoms with Crippen molar-refractivity contribution >= 4 is 33.6 Å². The molecule has 1 aliphatic heterocycles. The molecule has 0 radical (unpaired) electrons. The smallest absolute Gasteiger partial charge is 0.201 e. The fourth-order valence-corrected chi connectivity index (χ4v) is 3.93. The van der Waals surface area contributed by atoms with Crippen molar-refractivity contribution in [1.82, 2.24) is 19.4 Å². The molecule has 1 atom stereocenters. The number of nitrogen functional groups attached to an aromatic ring is 1. The number of rotatable bonds is 5. The number of hydrogen-bond acceptors (Lipinski definition) is 7. The van der Waals surface area contributed by atoms with Crippen LogP contribution in [-0.4, -0.2) is 54.0 Å². The zero-order valence-electron chi connectivity index (χ0n) is 16.8. The van der Waals surface area contributed by atoms with E-state index in [1.165, 1.54) is 0 Å². The third kappa shape index (κ3) is 2.72. The summed E-state index contributed by atoms with van der Waals surface area (Å²) >= 11 is 0. The molecule has 0 bridgehead atoms. The maximum absolute atomic E-state index is 6.22. The summed E-state index contributed by atoms with van der Waals surface area (Å²) in [6, 6.07) is 4.07. The van der Waals surface area contributed by atoms with E-state index < -0.39 is 0 Å². The van der Waals surface area contributed by atoms with Gasteiger partial charge in [-0.05, 0) is 26.0 Å². The Morgan fingerprint density at radius 1 is 1.29 bits per heavy atom. The van der Waals surface area contributed by atoms with Crippen LogP contribution in [0.5, 0.6) is 5.75 Å². The molecule has 2 aromatic heterocycles. The second kappa shape index (κ2) is 6.87. The van der Waals surface area contributed by atoms with Crippen molar-refractivity contribution in [3.8, 4) is 5.75 Å². The highest BCUT2D eigenvalue weighted by Gasteiger charge is 2.25. The molecule has 28 heavy (non-hydrogen) atoms. The van der Waals surface area contributed by atoms with Crippen molar-refractivity contribution in [2.75, 3.05) is 40.3 Å². The average molecular weight is 383 g/mol. The van der Waals surface area contributed by atoms with Crippen LogP contribution in [0.4, 0.5) is 5.95 Å². The summed E-state index contributed by atoms with van der Waals surface area (Å²) in [6.45, 7) is 5.06. The van der Waals surface area contributed by atoms with Crippen LogP contribution in [0, 0.1) is 0 Å². The van der Waals surface area contributed by atoms with Gasteiger partial charge in [-0.25, -0.2) is 4.98 Å². The first-order valence-corrected chi connectivity index (χ1v) is 9.14. The number of nitrogens with zero attached hydrogens (tertiary/aromatic N) is 4. The van der Waals surface area contributed by atoms with Gasteiger partial charge in [0.25, 0.3) is 0 Å². The van der Waals surface area contributed by atoms with Gasteiger partial charge in [0, 0.05) is 25.1 Å². The van der Waals surface area contributed by atoms with E-state index in [1.54, 1.807) is 20.4 Å². The second-order valence-corrected chi connectivity index (χ2v) is 7.08. The van der Waals surface area contributed by atoms with Gasteiger partial charge in [-0.1, -0.05) is 0 Å². The summed E-state index contributed by atoms with van der Waals surface area (Å²) in [5.41, 5.74) is 10.7. The molecular weight excluding hydrogens is 358 g/mol. The number of methoxy groups -OCH3 is 2. The molecule has 3 heterocycles. The lowest BCUT2D eigenvalue weighted by Gasteiger charge is -2.18. The van der Waals surface area contributed by atoms with Gasteiger partial charge in [0.05, 0.1) is 42.7 Å². The van der Waals surface area contributed by atoms with Gasteiger partial charge in [0.2, 0.25) is 5.95 Å². The van der Waals surface area contributed by atoms with E-state index in [0.717, 1.165) is 44.7 Å². The molecule has 1 unspecified atom stereocenters. The molecule has 4 rings (SSSR count). The SMILES string of the molecule is COCC(C)n1c(N)nc2cnc3cc(C4=C(C)OCN4C)c(OC)cc3c21. The van der Waals surface area contributed by atoms with Gasteiger partial charge in [0.15, 0.2) is 6.73 Å². The van der Waals surface area contributed by atoms with E-state index in [2.05, 4.69) is 21.8 Å². The maximum Gasteiger partial charge on any atom is 0.201 e. The Labute approximate surface area is 163 Å². The van der Waals surface area contributed by atoms with Crippen molar-refractivity contribution < 1.29 is 14.2 Å². The van der Waals surface area contributed by atoms with E-state index in [9.17, 15) is 0 Å². The minimum Gasteiger partial charge on any atom is -0.496 e. The van der Waals surface area contributed by atoms with Gasteiger partial charge in [-0.2, -0.15) is 0 Å². The maximum atomic E-state index is 6.22. The number of anilines is 1.